The normalized spacial score (nSPS) is 21.2. The first-order chi connectivity index (χ1) is 19.5. The van der Waals surface area contributed by atoms with Crippen LogP contribution in [-0.4, -0.2) is 73.0 Å². The summed E-state index contributed by atoms with van der Waals surface area (Å²) in [5.41, 5.74) is 2.65. The number of hydrogen-bond donors (Lipinski definition) is 0. The van der Waals surface area contributed by atoms with Gasteiger partial charge in [0.15, 0.2) is 0 Å². The zero-order chi connectivity index (χ0) is 29.6. The molecule has 2 aromatic carbocycles. The number of hydrogen-bond acceptors (Lipinski definition) is 6. The summed E-state index contributed by atoms with van der Waals surface area (Å²) in [6, 6.07) is 14.0. The maximum Gasteiger partial charge on any atom is 0.410 e. The van der Waals surface area contributed by atoms with E-state index in [1.807, 2.05) is 80.8 Å². The van der Waals surface area contributed by atoms with Crippen LogP contribution >= 0.6 is 0 Å². The van der Waals surface area contributed by atoms with Gasteiger partial charge in [-0.1, -0.05) is 29.8 Å². The fraction of sp³-hybridized carbons (Fsp3) is 0.576. The lowest BCUT2D eigenvalue weighted by molar-refractivity contribution is -0.145. The van der Waals surface area contributed by atoms with Crippen molar-refractivity contribution in [2.45, 2.75) is 84.6 Å². The average molecular weight is 567 g/mol. The van der Waals surface area contributed by atoms with E-state index in [0.29, 0.717) is 32.8 Å². The molecule has 0 unspecified atom stereocenters. The van der Waals surface area contributed by atoms with Gasteiger partial charge in [0.2, 0.25) is 5.91 Å². The van der Waals surface area contributed by atoms with Crippen LogP contribution in [0.5, 0.6) is 11.5 Å². The number of aryl methyl sites for hydroxylation is 2. The summed E-state index contributed by atoms with van der Waals surface area (Å²) < 4.78 is 23.0. The number of morpholine rings is 1. The minimum absolute atomic E-state index is 0.0108. The van der Waals surface area contributed by atoms with Gasteiger partial charge in [-0.15, -0.1) is 0 Å². The van der Waals surface area contributed by atoms with E-state index in [9.17, 15) is 9.59 Å². The molecule has 8 heteroatoms. The van der Waals surface area contributed by atoms with E-state index >= 15 is 0 Å². The number of carbonyl (C=O) groups excluding carboxylic acids is 2. The fourth-order valence-corrected chi connectivity index (χ4v) is 5.64. The van der Waals surface area contributed by atoms with Crippen molar-refractivity contribution in [3.63, 3.8) is 0 Å². The molecule has 1 heterocycles. The van der Waals surface area contributed by atoms with Gasteiger partial charge in [0, 0.05) is 25.0 Å². The second-order valence-electron chi connectivity index (χ2n) is 12.3. The summed E-state index contributed by atoms with van der Waals surface area (Å²) in [5, 5.41) is 0. The molecule has 0 spiro atoms. The summed E-state index contributed by atoms with van der Waals surface area (Å²) in [4.78, 5) is 30.6. The summed E-state index contributed by atoms with van der Waals surface area (Å²) >= 11 is 0. The predicted molar refractivity (Wildman–Crippen MR) is 158 cm³/mol. The molecule has 1 aliphatic heterocycles. The smallest absolute Gasteiger partial charge is 0.410 e. The summed E-state index contributed by atoms with van der Waals surface area (Å²) in [5.74, 6) is 1.76. The lowest BCUT2D eigenvalue weighted by Crippen LogP contribution is -2.51. The number of rotatable bonds is 8. The van der Waals surface area contributed by atoms with E-state index in [-0.39, 0.29) is 30.1 Å². The van der Waals surface area contributed by atoms with Crippen molar-refractivity contribution < 1.29 is 28.5 Å². The molecule has 41 heavy (non-hydrogen) atoms. The standard InChI is InChI=1S/C33H46N2O6/c1-23-7-14-28(15-8-23)40-22-29-21-34(17-18-39-29)31(36)26-10-12-27(13-11-26)35(32(37)41-33(3,4)5)20-25-9-16-30(38-6)24(2)19-25/h7-9,14-16,19,26-27,29H,10-13,17-18,20-22H2,1-6H3/t26?,27?,29-/m0/s1. The first-order valence-corrected chi connectivity index (χ1v) is 14.8. The van der Waals surface area contributed by atoms with Crippen LogP contribution < -0.4 is 9.47 Å². The number of benzene rings is 2. The maximum absolute atomic E-state index is 13.5. The quantitative estimate of drug-likeness (QED) is 0.395. The Balaban J connectivity index is 1.34. The van der Waals surface area contributed by atoms with E-state index in [1.54, 1.807) is 7.11 Å². The molecule has 1 saturated carbocycles. The third-order valence-electron chi connectivity index (χ3n) is 7.83. The zero-order valence-electron chi connectivity index (χ0n) is 25.5. The van der Waals surface area contributed by atoms with E-state index in [1.165, 1.54) is 5.56 Å². The Hall–Kier alpha value is -3.26. The highest BCUT2D eigenvalue weighted by molar-refractivity contribution is 5.79. The zero-order valence-corrected chi connectivity index (χ0v) is 25.5. The Morgan fingerprint density at radius 1 is 1.02 bits per heavy atom. The molecule has 0 bridgehead atoms. The van der Waals surface area contributed by atoms with Crippen molar-refractivity contribution in [1.29, 1.82) is 0 Å². The van der Waals surface area contributed by atoms with Gasteiger partial charge in [-0.3, -0.25) is 4.79 Å². The number of amides is 2. The topological polar surface area (TPSA) is 77.5 Å². The number of methoxy groups -OCH3 is 1. The molecule has 2 aliphatic rings. The number of carbonyl (C=O) groups is 2. The Bertz CT molecular complexity index is 1170. The summed E-state index contributed by atoms with van der Waals surface area (Å²) in [6.45, 7) is 12.2. The van der Waals surface area contributed by atoms with Gasteiger partial charge in [-0.2, -0.15) is 0 Å². The Morgan fingerprint density at radius 2 is 1.73 bits per heavy atom. The molecule has 1 saturated heterocycles. The maximum atomic E-state index is 13.5. The van der Waals surface area contributed by atoms with E-state index in [0.717, 1.165) is 48.3 Å². The molecule has 2 amide bonds. The molecule has 4 rings (SSSR count). The first kappa shape index (κ1) is 30.7. The van der Waals surface area contributed by atoms with E-state index < -0.39 is 5.60 Å². The van der Waals surface area contributed by atoms with Crippen LogP contribution in [0, 0.1) is 19.8 Å². The van der Waals surface area contributed by atoms with Crippen molar-refractivity contribution in [3.8, 4) is 11.5 Å². The van der Waals surface area contributed by atoms with Gasteiger partial charge >= 0.3 is 6.09 Å². The second-order valence-corrected chi connectivity index (χ2v) is 12.3. The largest absolute Gasteiger partial charge is 0.496 e. The highest BCUT2D eigenvalue weighted by atomic mass is 16.6. The molecule has 0 aromatic heterocycles. The number of ether oxygens (including phenoxy) is 4. The van der Waals surface area contributed by atoms with Crippen molar-refractivity contribution in [3.05, 3.63) is 59.2 Å². The van der Waals surface area contributed by atoms with Gasteiger partial charge < -0.3 is 28.7 Å². The van der Waals surface area contributed by atoms with Crippen molar-refractivity contribution in [2.75, 3.05) is 33.4 Å². The molecule has 224 valence electrons. The van der Waals surface area contributed by atoms with Crippen LogP contribution in [0.4, 0.5) is 4.79 Å². The van der Waals surface area contributed by atoms with Crippen LogP contribution in [-0.2, 0) is 20.8 Å². The molecular formula is C33H46N2O6. The first-order valence-electron chi connectivity index (χ1n) is 14.8. The van der Waals surface area contributed by atoms with Crippen LogP contribution in [0.2, 0.25) is 0 Å². The van der Waals surface area contributed by atoms with Crippen molar-refractivity contribution in [1.82, 2.24) is 9.80 Å². The van der Waals surface area contributed by atoms with Gasteiger partial charge in [-0.25, -0.2) is 4.79 Å². The Kier molecular flexibility index (Phi) is 10.2. The monoisotopic (exact) mass is 566 g/mol. The van der Waals surface area contributed by atoms with Gasteiger partial charge in [0.05, 0.1) is 20.3 Å². The second kappa shape index (κ2) is 13.6. The van der Waals surface area contributed by atoms with Gasteiger partial charge in [0.1, 0.15) is 29.8 Å². The highest BCUT2D eigenvalue weighted by Crippen LogP contribution is 2.32. The molecule has 1 aliphatic carbocycles. The van der Waals surface area contributed by atoms with Crippen LogP contribution in [0.1, 0.15) is 63.1 Å². The average Bonchev–Trinajstić information content (AvgIpc) is 2.94. The van der Waals surface area contributed by atoms with Crippen molar-refractivity contribution in [2.24, 2.45) is 5.92 Å². The van der Waals surface area contributed by atoms with Gasteiger partial charge in [-0.05, 0) is 89.6 Å². The molecule has 0 N–H and O–H groups in total. The lowest BCUT2D eigenvalue weighted by atomic mass is 9.84. The van der Waals surface area contributed by atoms with Crippen LogP contribution in [0.15, 0.2) is 42.5 Å². The third kappa shape index (κ3) is 8.62. The van der Waals surface area contributed by atoms with Gasteiger partial charge in [0.25, 0.3) is 0 Å². The van der Waals surface area contributed by atoms with Crippen LogP contribution in [0.25, 0.3) is 0 Å². The summed E-state index contributed by atoms with van der Waals surface area (Å²) in [6.07, 6.45) is 2.54. The van der Waals surface area contributed by atoms with Crippen molar-refractivity contribution >= 4 is 12.0 Å². The summed E-state index contributed by atoms with van der Waals surface area (Å²) in [7, 11) is 1.66. The minimum Gasteiger partial charge on any atom is -0.496 e. The minimum atomic E-state index is -0.589. The van der Waals surface area contributed by atoms with E-state index in [4.69, 9.17) is 18.9 Å². The van der Waals surface area contributed by atoms with Crippen LogP contribution in [0.3, 0.4) is 0 Å². The Morgan fingerprint density at radius 3 is 2.37 bits per heavy atom. The van der Waals surface area contributed by atoms with E-state index in [2.05, 4.69) is 6.07 Å². The predicted octanol–water partition coefficient (Wildman–Crippen LogP) is 5.91. The Labute approximate surface area is 244 Å². The third-order valence-corrected chi connectivity index (χ3v) is 7.83. The molecule has 2 fully saturated rings. The lowest BCUT2D eigenvalue weighted by Gasteiger charge is -2.39. The number of nitrogens with zero attached hydrogens (tertiary/aromatic N) is 2. The molecule has 1 atom stereocenters. The highest BCUT2D eigenvalue weighted by Gasteiger charge is 2.36. The molecule has 2 aromatic rings. The fourth-order valence-electron chi connectivity index (χ4n) is 5.64. The SMILES string of the molecule is COc1ccc(CN(C(=O)OC(C)(C)C)C2CCC(C(=O)N3CCO[C@H](COc4ccc(C)cc4)C3)CC2)cc1C. The molecule has 0 radical (unpaired) electrons. The molecular weight excluding hydrogens is 520 g/mol. The molecule has 8 nitrogen and oxygen atoms in total.